The molecule has 1 N–H and O–H groups in total. The second-order valence-corrected chi connectivity index (χ2v) is 10.3. The van der Waals surface area contributed by atoms with Crippen LogP contribution >= 0.6 is 11.6 Å². The number of carbonyl (C=O) groups is 1. The molecule has 156 valence electrons. The number of carbonyl (C=O) groups excluding carboxylic acids is 1. The maximum absolute atomic E-state index is 13.4. The summed E-state index contributed by atoms with van der Waals surface area (Å²) in [6, 6.07) is 14.3. The van der Waals surface area contributed by atoms with Crippen LogP contribution < -0.4 is 5.32 Å². The van der Waals surface area contributed by atoms with E-state index in [9.17, 15) is 13.2 Å². The van der Waals surface area contributed by atoms with E-state index < -0.39 is 15.4 Å². The highest BCUT2D eigenvalue weighted by atomic mass is 35.5. The molecule has 0 radical (unpaired) electrons. The lowest BCUT2D eigenvalue weighted by atomic mass is 9.68. The normalized spacial score (nSPS) is 16.6. The van der Waals surface area contributed by atoms with Crippen LogP contribution in [0.4, 0.5) is 0 Å². The number of hydrogen-bond donors (Lipinski definition) is 1. The lowest BCUT2D eigenvalue weighted by molar-refractivity contribution is -0.128. The van der Waals surface area contributed by atoms with Crippen molar-refractivity contribution in [2.24, 2.45) is 0 Å². The van der Waals surface area contributed by atoms with Crippen molar-refractivity contribution >= 4 is 27.5 Å². The minimum atomic E-state index is -3.59. The van der Waals surface area contributed by atoms with Gasteiger partial charge in [-0.05, 0) is 42.2 Å². The molecule has 0 aromatic heterocycles. The van der Waals surface area contributed by atoms with E-state index in [1.54, 1.807) is 24.3 Å². The minimum Gasteiger partial charge on any atom is -0.351 e. The second-order valence-electron chi connectivity index (χ2n) is 7.73. The van der Waals surface area contributed by atoms with E-state index in [0.29, 0.717) is 10.6 Å². The molecule has 1 fully saturated rings. The van der Waals surface area contributed by atoms with Gasteiger partial charge in [0.1, 0.15) is 0 Å². The first-order chi connectivity index (χ1) is 13.8. The van der Waals surface area contributed by atoms with Crippen molar-refractivity contribution < 1.29 is 13.2 Å². The van der Waals surface area contributed by atoms with Crippen molar-refractivity contribution in [3.8, 4) is 0 Å². The molecule has 1 aliphatic carbocycles. The molecule has 0 spiro atoms. The predicted octanol–water partition coefficient (Wildman–Crippen LogP) is 4.11. The first-order valence-electron chi connectivity index (χ1n) is 9.82. The topological polar surface area (TPSA) is 66.5 Å². The van der Waals surface area contributed by atoms with E-state index in [2.05, 4.69) is 5.32 Å². The van der Waals surface area contributed by atoms with E-state index in [4.69, 9.17) is 11.6 Å². The first kappa shape index (κ1) is 21.8. The van der Waals surface area contributed by atoms with Gasteiger partial charge in [0.15, 0.2) is 0 Å². The summed E-state index contributed by atoms with van der Waals surface area (Å²) in [5.41, 5.74) is 0.876. The van der Waals surface area contributed by atoms with Crippen LogP contribution in [-0.4, -0.2) is 32.7 Å². The summed E-state index contributed by atoms with van der Waals surface area (Å²) in [4.78, 5) is 13.6. The summed E-state index contributed by atoms with van der Waals surface area (Å²) in [6.45, 7) is 0.157. The van der Waals surface area contributed by atoms with Crippen LogP contribution in [0.3, 0.4) is 0 Å². The molecule has 0 atom stereocenters. The van der Waals surface area contributed by atoms with Gasteiger partial charge in [0, 0.05) is 25.7 Å². The maximum atomic E-state index is 13.4. The van der Waals surface area contributed by atoms with Gasteiger partial charge < -0.3 is 5.32 Å². The predicted molar refractivity (Wildman–Crippen MR) is 115 cm³/mol. The van der Waals surface area contributed by atoms with Gasteiger partial charge in [-0.15, -0.1) is 0 Å². The zero-order valence-electron chi connectivity index (χ0n) is 16.8. The van der Waals surface area contributed by atoms with Crippen LogP contribution in [-0.2, 0) is 26.8 Å². The molecule has 2 aromatic rings. The summed E-state index contributed by atoms with van der Waals surface area (Å²) in [5, 5.41) is 3.63. The van der Waals surface area contributed by atoms with Gasteiger partial charge in [-0.3, -0.25) is 4.79 Å². The number of sulfonamides is 1. The molecular weight excluding hydrogens is 408 g/mol. The SMILES string of the molecule is CN(C)S(=O)(=O)c1ccccc1CNC(=O)C1(c2cccc(Cl)c2)CCCCC1. The monoisotopic (exact) mass is 434 g/mol. The van der Waals surface area contributed by atoms with Crippen molar-refractivity contribution in [3.05, 3.63) is 64.7 Å². The van der Waals surface area contributed by atoms with E-state index in [1.807, 2.05) is 24.3 Å². The average molecular weight is 435 g/mol. The van der Waals surface area contributed by atoms with Gasteiger partial charge in [-0.1, -0.05) is 61.2 Å². The summed E-state index contributed by atoms with van der Waals surface area (Å²) in [7, 11) is -0.587. The molecule has 0 aliphatic heterocycles. The summed E-state index contributed by atoms with van der Waals surface area (Å²) in [5.74, 6) is -0.0727. The van der Waals surface area contributed by atoms with Crippen molar-refractivity contribution in [3.63, 3.8) is 0 Å². The lowest BCUT2D eigenvalue weighted by Gasteiger charge is -2.36. The molecular formula is C22H27ClN2O3S. The molecule has 29 heavy (non-hydrogen) atoms. The van der Waals surface area contributed by atoms with Crippen LogP contribution in [0, 0.1) is 0 Å². The fraction of sp³-hybridized carbons (Fsp3) is 0.409. The zero-order valence-corrected chi connectivity index (χ0v) is 18.4. The standard InChI is InChI=1S/C22H27ClN2O3S/c1-25(2)29(27,28)20-12-5-4-9-17(20)16-24-21(26)22(13-6-3-7-14-22)18-10-8-11-19(23)15-18/h4-5,8-12,15H,3,6-7,13-14,16H2,1-2H3,(H,24,26). The summed E-state index contributed by atoms with van der Waals surface area (Å²) < 4.78 is 26.4. The Morgan fingerprint density at radius 2 is 1.76 bits per heavy atom. The fourth-order valence-corrected chi connectivity index (χ4v) is 5.34. The highest BCUT2D eigenvalue weighted by Crippen LogP contribution is 2.40. The van der Waals surface area contributed by atoms with E-state index in [-0.39, 0.29) is 17.3 Å². The molecule has 0 heterocycles. The third kappa shape index (κ3) is 4.49. The van der Waals surface area contributed by atoms with Crippen molar-refractivity contribution in [1.82, 2.24) is 9.62 Å². The van der Waals surface area contributed by atoms with E-state index in [1.165, 1.54) is 18.4 Å². The Bertz CT molecular complexity index is 983. The van der Waals surface area contributed by atoms with Gasteiger partial charge >= 0.3 is 0 Å². The Kier molecular flexibility index (Phi) is 6.66. The van der Waals surface area contributed by atoms with Crippen LogP contribution in [0.15, 0.2) is 53.4 Å². The second kappa shape index (κ2) is 8.86. The molecule has 1 saturated carbocycles. The first-order valence-corrected chi connectivity index (χ1v) is 11.6. The van der Waals surface area contributed by atoms with Gasteiger partial charge in [0.25, 0.3) is 0 Å². The molecule has 1 amide bonds. The molecule has 0 bridgehead atoms. The van der Waals surface area contributed by atoms with Gasteiger partial charge in [-0.2, -0.15) is 0 Å². The van der Waals surface area contributed by atoms with E-state index >= 15 is 0 Å². The number of hydrogen-bond acceptors (Lipinski definition) is 3. The maximum Gasteiger partial charge on any atom is 0.242 e. The zero-order chi connectivity index (χ0) is 21.1. The Labute approximate surface area is 178 Å². The molecule has 7 heteroatoms. The number of benzene rings is 2. The van der Waals surface area contributed by atoms with Crippen LogP contribution in [0.25, 0.3) is 0 Å². The van der Waals surface area contributed by atoms with Crippen LogP contribution in [0.1, 0.15) is 43.2 Å². The Morgan fingerprint density at radius 3 is 2.41 bits per heavy atom. The van der Waals surface area contributed by atoms with Crippen molar-refractivity contribution in [2.45, 2.75) is 49.0 Å². The number of nitrogens with one attached hydrogen (secondary N) is 1. The summed E-state index contributed by atoms with van der Waals surface area (Å²) in [6.07, 6.45) is 4.59. The quantitative estimate of drug-likeness (QED) is 0.743. The molecule has 0 saturated heterocycles. The number of rotatable bonds is 6. The number of amides is 1. The van der Waals surface area contributed by atoms with Crippen LogP contribution in [0.5, 0.6) is 0 Å². The number of nitrogens with zero attached hydrogens (tertiary/aromatic N) is 1. The van der Waals surface area contributed by atoms with Crippen molar-refractivity contribution in [2.75, 3.05) is 14.1 Å². The smallest absolute Gasteiger partial charge is 0.242 e. The average Bonchev–Trinajstić information content (AvgIpc) is 2.72. The molecule has 3 rings (SSSR count). The highest BCUT2D eigenvalue weighted by molar-refractivity contribution is 7.89. The fourth-order valence-electron chi connectivity index (χ4n) is 4.03. The highest BCUT2D eigenvalue weighted by Gasteiger charge is 2.41. The van der Waals surface area contributed by atoms with Gasteiger partial charge in [0.2, 0.25) is 15.9 Å². The number of halogens is 1. The largest absolute Gasteiger partial charge is 0.351 e. The Hall–Kier alpha value is -1.89. The van der Waals surface area contributed by atoms with Crippen LogP contribution in [0.2, 0.25) is 5.02 Å². The third-order valence-electron chi connectivity index (χ3n) is 5.69. The molecule has 0 unspecified atom stereocenters. The minimum absolute atomic E-state index is 0.0727. The molecule has 5 nitrogen and oxygen atoms in total. The molecule has 1 aliphatic rings. The Morgan fingerprint density at radius 1 is 1.07 bits per heavy atom. The van der Waals surface area contributed by atoms with Gasteiger partial charge in [-0.25, -0.2) is 12.7 Å². The third-order valence-corrected chi connectivity index (χ3v) is 7.84. The Balaban J connectivity index is 1.88. The summed E-state index contributed by atoms with van der Waals surface area (Å²) >= 11 is 6.20. The van der Waals surface area contributed by atoms with E-state index in [0.717, 1.165) is 37.7 Å². The molecule has 2 aromatic carbocycles. The van der Waals surface area contributed by atoms with Crippen molar-refractivity contribution in [1.29, 1.82) is 0 Å². The van der Waals surface area contributed by atoms with Gasteiger partial charge in [0.05, 0.1) is 10.3 Å². The lowest BCUT2D eigenvalue weighted by Crippen LogP contribution is -2.45.